The van der Waals surface area contributed by atoms with Crippen molar-refractivity contribution in [1.29, 1.82) is 0 Å². The normalized spacial score (nSPS) is 11.1. The Morgan fingerprint density at radius 1 is 1.00 bits per heavy atom. The molecular formula is C24H30Br2N2O3. The van der Waals surface area contributed by atoms with Gasteiger partial charge in [-0.2, -0.15) is 5.10 Å². The molecule has 0 spiro atoms. The van der Waals surface area contributed by atoms with Gasteiger partial charge in [-0.3, -0.25) is 4.79 Å². The van der Waals surface area contributed by atoms with Crippen LogP contribution in [0.2, 0.25) is 0 Å². The number of hydrazone groups is 1. The molecule has 168 valence electrons. The standard InChI is InChI=1S/C24H30Br2N2O3/c1-2-3-4-5-6-7-8-9-14-31-20-12-10-19(11-13-20)24(30)28-27-17-18-15-21(25)23(29)22(26)16-18/h10-13,15-17,29H,2-9,14H2,1H3,(H,28,30)/b27-17-. The first-order valence-corrected chi connectivity index (χ1v) is 12.3. The van der Waals surface area contributed by atoms with Crippen LogP contribution in [0.15, 0.2) is 50.4 Å². The fourth-order valence-corrected chi connectivity index (χ4v) is 4.24. The maximum atomic E-state index is 12.2. The predicted octanol–water partition coefficient (Wildman–Crippen LogP) is 7.20. The third-order valence-corrected chi connectivity index (χ3v) is 6.01. The van der Waals surface area contributed by atoms with E-state index in [1.165, 1.54) is 51.2 Å². The molecular weight excluding hydrogens is 524 g/mol. The van der Waals surface area contributed by atoms with Crippen molar-refractivity contribution in [2.45, 2.75) is 58.3 Å². The van der Waals surface area contributed by atoms with Gasteiger partial charge in [0.05, 0.1) is 21.8 Å². The second-order valence-electron chi connectivity index (χ2n) is 7.38. The van der Waals surface area contributed by atoms with Gasteiger partial charge in [-0.15, -0.1) is 0 Å². The number of rotatable bonds is 13. The van der Waals surface area contributed by atoms with E-state index in [0.29, 0.717) is 21.1 Å². The molecule has 1 amide bonds. The Morgan fingerprint density at radius 2 is 1.58 bits per heavy atom. The van der Waals surface area contributed by atoms with Crippen molar-refractivity contribution in [2.24, 2.45) is 5.10 Å². The van der Waals surface area contributed by atoms with Crippen molar-refractivity contribution in [3.05, 3.63) is 56.5 Å². The summed E-state index contributed by atoms with van der Waals surface area (Å²) in [5.41, 5.74) is 3.73. The SMILES string of the molecule is CCCCCCCCCCOc1ccc(C(=O)N/N=C\c2cc(Br)c(O)c(Br)c2)cc1. The summed E-state index contributed by atoms with van der Waals surface area (Å²) >= 11 is 6.52. The minimum absolute atomic E-state index is 0.117. The summed E-state index contributed by atoms with van der Waals surface area (Å²) < 4.78 is 6.84. The van der Waals surface area contributed by atoms with Crippen molar-refractivity contribution in [3.63, 3.8) is 0 Å². The summed E-state index contributed by atoms with van der Waals surface area (Å²) in [7, 11) is 0. The predicted molar refractivity (Wildman–Crippen MR) is 133 cm³/mol. The number of benzene rings is 2. The molecule has 0 bridgehead atoms. The largest absolute Gasteiger partial charge is 0.506 e. The van der Waals surface area contributed by atoms with Crippen LogP contribution in [0, 0.1) is 0 Å². The van der Waals surface area contributed by atoms with Gasteiger partial charge in [0, 0.05) is 5.56 Å². The van der Waals surface area contributed by atoms with E-state index in [-0.39, 0.29) is 11.7 Å². The molecule has 0 heterocycles. The van der Waals surface area contributed by atoms with Crippen LogP contribution in [0.5, 0.6) is 11.5 Å². The van der Waals surface area contributed by atoms with Crippen LogP contribution in [-0.2, 0) is 0 Å². The molecule has 0 saturated heterocycles. The second kappa shape index (κ2) is 14.2. The Hall–Kier alpha value is -1.86. The van der Waals surface area contributed by atoms with E-state index in [1.54, 1.807) is 36.4 Å². The molecule has 2 rings (SSSR count). The summed E-state index contributed by atoms with van der Waals surface area (Å²) in [6.45, 7) is 2.94. The fraction of sp³-hybridized carbons (Fsp3) is 0.417. The van der Waals surface area contributed by atoms with Crippen LogP contribution >= 0.6 is 31.9 Å². The lowest BCUT2D eigenvalue weighted by atomic mass is 10.1. The van der Waals surface area contributed by atoms with Crippen molar-refractivity contribution < 1.29 is 14.6 Å². The van der Waals surface area contributed by atoms with Gasteiger partial charge in [0.25, 0.3) is 5.91 Å². The van der Waals surface area contributed by atoms with Gasteiger partial charge in [0.15, 0.2) is 0 Å². The molecule has 31 heavy (non-hydrogen) atoms. The first-order chi connectivity index (χ1) is 15.0. The number of phenols is 1. The molecule has 0 unspecified atom stereocenters. The highest BCUT2D eigenvalue weighted by molar-refractivity contribution is 9.11. The Balaban J connectivity index is 1.69. The number of hydrogen-bond donors (Lipinski definition) is 2. The summed E-state index contributed by atoms with van der Waals surface area (Å²) in [5, 5.41) is 13.7. The molecule has 0 atom stereocenters. The molecule has 2 aromatic carbocycles. The zero-order valence-corrected chi connectivity index (χ0v) is 21.0. The van der Waals surface area contributed by atoms with Gasteiger partial charge in [0.1, 0.15) is 11.5 Å². The number of nitrogens with zero attached hydrogens (tertiary/aromatic N) is 1. The maximum absolute atomic E-state index is 12.2. The van der Waals surface area contributed by atoms with E-state index in [0.717, 1.165) is 17.7 Å². The number of carbonyl (C=O) groups is 1. The van der Waals surface area contributed by atoms with Gasteiger partial charge in [-0.1, -0.05) is 51.9 Å². The molecule has 0 radical (unpaired) electrons. The van der Waals surface area contributed by atoms with Gasteiger partial charge in [-0.25, -0.2) is 5.43 Å². The highest BCUT2D eigenvalue weighted by Crippen LogP contribution is 2.32. The Labute approximate surface area is 201 Å². The molecule has 0 fully saturated rings. The van der Waals surface area contributed by atoms with Gasteiger partial charge in [-0.05, 0) is 80.2 Å². The third-order valence-electron chi connectivity index (χ3n) is 4.80. The van der Waals surface area contributed by atoms with E-state index in [9.17, 15) is 9.90 Å². The fourth-order valence-electron chi connectivity index (χ4n) is 3.02. The molecule has 0 aromatic heterocycles. The van der Waals surface area contributed by atoms with Crippen molar-refractivity contribution in [3.8, 4) is 11.5 Å². The van der Waals surface area contributed by atoms with Crippen LogP contribution in [-0.4, -0.2) is 23.8 Å². The van der Waals surface area contributed by atoms with Crippen LogP contribution in [0.25, 0.3) is 0 Å². The highest BCUT2D eigenvalue weighted by atomic mass is 79.9. The number of carbonyl (C=O) groups excluding carboxylic acids is 1. The number of halogens is 2. The summed E-state index contributed by atoms with van der Waals surface area (Å²) in [6, 6.07) is 10.5. The van der Waals surface area contributed by atoms with E-state index < -0.39 is 0 Å². The number of hydrogen-bond acceptors (Lipinski definition) is 4. The lowest BCUT2D eigenvalue weighted by Gasteiger charge is -2.07. The molecule has 0 aliphatic heterocycles. The van der Waals surface area contributed by atoms with Crippen LogP contribution in [0.3, 0.4) is 0 Å². The first-order valence-electron chi connectivity index (χ1n) is 10.8. The first kappa shape index (κ1) is 25.4. The smallest absolute Gasteiger partial charge is 0.271 e. The van der Waals surface area contributed by atoms with E-state index in [4.69, 9.17) is 4.74 Å². The van der Waals surface area contributed by atoms with Crippen molar-refractivity contribution >= 4 is 44.0 Å². The van der Waals surface area contributed by atoms with Crippen LogP contribution in [0.1, 0.15) is 74.2 Å². The van der Waals surface area contributed by atoms with Crippen molar-refractivity contribution in [2.75, 3.05) is 6.61 Å². The number of amides is 1. The van der Waals surface area contributed by atoms with Gasteiger partial charge in [0.2, 0.25) is 0 Å². The Bertz CT molecular complexity index is 831. The number of phenolic OH excluding ortho intramolecular Hbond substituents is 1. The highest BCUT2D eigenvalue weighted by Gasteiger charge is 2.06. The average molecular weight is 554 g/mol. The van der Waals surface area contributed by atoms with E-state index >= 15 is 0 Å². The Morgan fingerprint density at radius 3 is 2.19 bits per heavy atom. The minimum atomic E-state index is -0.303. The summed E-state index contributed by atoms with van der Waals surface area (Å²) in [5.74, 6) is 0.579. The monoisotopic (exact) mass is 552 g/mol. The molecule has 2 N–H and O–H groups in total. The molecule has 2 aromatic rings. The number of ether oxygens (including phenoxy) is 1. The van der Waals surface area contributed by atoms with E-state index in [2.05, 4.69) is 49.3 Å². The topological polar surface area (TPSA) is 70.9 Å². The zero-order chi connectivity index (χ0) is 22.5. The molecule has 0 aliphatic rings. The molecule has 5 nitrogen and oxygen atoms in total. The van der Waals surface area contributed by atoms with Crippen LogP contribution in [0.4, 0.5) is 0 Å². The third kappa shape index (κ3) is 9.44. The van der Waals surface area contributed by atoms with Gasteiger partial charge < -0.3 is 9.84 Å². The molecule has 7 heteroatoms. The molecule has 0 aliphatic carbocycles. The van der Waals surface area contributed by atoms with Crippen molar-refractivity contribution in [1.82, 2.24) is 5.43 Å². The lowest BCUT2D eigenvalue weighted by Crippen LogP contribution is -2.17. The number of nitrogens with one attached hydrogen (secondary N) is 1. The maximum Gasteiger partial charge on any atom is 0.271 e. The Kier molecular flexibility index (Phi) is 11.7. The number of unbranched alkanes of at least 4 members (excludes halogenated alkanes) is 7. The van der Waals surface area contributed by atoms with Crippen LogP contribution < -0.4 is 10.2 Å². The quantitative estimate of drug-likeness (QED) is 0.156. The second-order valence-corrected chi connectivity index (χ2v) is 9.09. The minimum Gasteiger partial charge on any atom is -0.506 e. The molecule has 0 saturated carbocycles. The average Bonchev–Trinajstić information content (AvgIpc) is 2.76. The zero-order valence-electron chi connectivity index (χ0n) is 17.9. The summed E-state index contributed by atoms with van der Waals surface area (Å²) in [6.07, 6.45) is 11.7. The summed E-state index contributed by atoms with van der Waals surface area (Å²) in [4.78, 5) is 12.2. The lowest BCUT2D eigenvalue weighted by molar-refractivity contribution is 0.0955. The van der Waals surface area contributed by atoms with E-state index in [1.807, 2.05) is 0 Å². The number of aromatic hydroxyl groups is 1. The van der Waals surface area contributed by atoms with Gasteiger partial charge >= 0.3 is 0 Å².